The predicted octanol–water partition coefficient (Wildman–Crippen LogP) is 3.88. The van der Waals surface area contributed by atoms with Gasteiger partial charge in [-0.3, -0.25) is 4.79 Å². The molecule has 7 heteroatoms. The summed E-state index contributed by atoms with van der Waals surface area (Å²) in [5.74, 6) is -0.556. The largest absolute Gasteiger partial charge is 0.465 e. The number of nitrogens with one attached hydrogen (secondary N) is 2. The average Bonchev–Trinajstić information content (AvgIpc) is 2.71. The molecule has 0 spiro atoms. The Hall–Kier alpha value is -3.74. The molecule has 1 amide bonds. The van der Waals surface area contributed by atoms with E-state index in [4.69, 9.17) is 4.74 Å². The van der Waals surface area contributed by atoms with E-state index in [1.165, 1.54) is 19.5 Å². The number of hydrogen-bond acceptors (Lipinski definition) is 6. The monoisotopic (exact) mass is 376 g/mol. The first-order valence-corrected chi connectivity index (χ1v) is 8.63. The lowest BCUT2D eigenvalue weighted by atomic mass is 10.1. The number of benzene rings is 2. The summed E-state index contributed by atoms with van der Waals surface area (Å²) in [6, 6.07) is 12.6. The highest BCUT2D eigenvalue weighted by Gasteiger charge is 2.15. The number of anilines is 3. The zero-order valence-electron chi connectivity index (χ0n) is 15.8. The van der Waals surface area contributed by atoms with Crippen molar-refractivity contribution in [3.8, 4) is 0 Å². The molecule has 3 rings (SSSR count). The number of aromatic nitrogens is 2. The third-order valence-electron chi connectivity index (χ3n) is 4.21. The summed E-state index contributed by atoms with van der Waals surface area (Å²) >= 11 is 0. The number of nitrogens with zero attached hydrogens (tertiary/aromatic N) is 2. The van der Waals surface area contributed by atoms with Crippen LogP contribution in [0.1, 0.15) is 31.8 Å². The van der Waals surface area contributed by atoms with Gasteiger partial charge in [0.2, 0.25) is 5.95 Å². The summed E-state index contributed by atoms with van der Waals surface area (Å²) in [7, 11) is 1.29. The minimum absolute atomic E-state index is 0.270. The van der Waals surface area contributed by atoms with Crippen molar-refractivity contribution < 1.29 is 14.3 Å². The lowest BCUT2D eigenvalue weighted by Crippen LogP contribution is -2.16. The lowest BCUT2D eigenvalue weighted by Gasteiger charge is -2.12. The summed E-state index contributed by atoms with van der Waals surface area (Å²) in [5, 5.41) is 5.86. The molecule has 0 aliphatic carbocycles. The summed E-state index contributed by atoms with van der Waals surface area (Å²) < 4.78 is 4.73. The minimum atomic E-state index is -0.528. The molecule has 1 heterocycles. The Labute approximate surface area is 162 Å². The van der Waals surface area contributed by atoms with Gasteiger partial charge in [-0.15, -0.1) is 0 Å². The van der Waals surface area contributed by atoms with Gasteiger partial charge in [-0.25, -0.2) is 14.8 Å². The van der Waals surface area contributed by atoms with Gasteiger partial charge in [0.15, 0.2) is 0 Å². The van der Waals surface area contributed by atoms with E-state index >= 15 is 0 Å². The number of methoxy groups -OCH3 is 1. The maximum Gasteiger partial charge on any atom is 0.339 e. The molecule has 0 bridgehead atoms. The second kappa shape index (κ2) is 8.30. The average molecular weight is 376 g/mol. The van der Waals surface area contributed by atoms with E-state index in [1.54, 1.807) is 24.3 Å². The standard InChI is InChI=1S/C21H20N4O3/c1-13-7-6-8-14(2)18(13)25-21-22-11-15(12-23-21)19(26)24-17-10-5-4-9-16(17)20(27)28-3/h4-12H,1-3H3,(H,24,26)(H,22,23,25). The van der Waals surface area contributed by atoms with Crippen LogP contribution in [0.2, 0.25) is 0 Å². The van der Waals surface area contributed by atoms with Gasteiger partial charge in [0, 0.05) is 18.1 Å². The van der Waals surface area contributed by atoms with Crippen molar-refractivity contribution in [1.29, 1.82) is 0 Å². The smallest absolute Gasteiger partial charge is 0.339 e. The second-order valence-corrected chi connectivity index (χ2v) is 6.18. The highest BCUT2D eigenvalue weighted by atomic mass is 16.5. The van der Waals surface area contributed by atoms with Crippen LogP contribution < -0.4 is 10.6 Å². The number of hydrogen-bond donors (Lipinski definition) is 2. The highest BCUT2D eigenvalue weighted by Crippen LogP contribution is 2.22. The number of rotatable bonds is 5. The van der Waals surface area contributed by atoms with Crippen molar-refractivity contribution in [2.24, 2.45) is 0 Å². The van der Waals surface area contributed by atoms with Crippen molar-refractivity contribution in [2.45, 2.75) is 13.8 Å². The van der Waals surface area contributed by atoms with Crippen LogP contribution >= 0.6 is 0 Å². The summed E-state index contributed by atoms with van der Waals surface area (Å²) in [6.07, 6.45) is 2.86. The summed E-state index contributed by atoms with van der Waals surface area (Å²) in [5.41, 5.74) is 3.98. The third kappa shape index (κ3) is 4.15. The van der Waals surface area contributed by atoms with E-state index < -0.39 is 11.9 Å². The Balaban J connectivity index is 1.75. The molecular weight excluding hydrogens is 356 g/mol. The van der Waals surface area contributed by atoms with Crippen LogP contribution in [0.4, 0.5) is 17.3 Å². The molecule has 28 heavy (non-hydrogen) atoms. The zero-order chi connectivity index (χ0) is 20.1. The highest BCUT2D eigenvalue weighted by molar-refractivity contribution is 6.07. The van der Waals surface area contributed by atoms with Crippen LogP contribution in [0.25, 0.3) is 0 Å². The molecule has 0 aliphatic rings. The predicted molar refractivity (Wildman–Crippen MR) is 107 cm³/mol. The molecule has 3 aromatic rings. The van der Waals surface area contributed by atoms with E-state index in [0.29, 0.717) is 11.6 Å². The molecule has 2 N–H and O–H groups in total. The molecule has 0 aliphatic heterocycles. The number of carbonyl (C=O) groups is 2. The van der Waals surface area contributed by atoms with Crippen LogP contribution in [-0.4, -0.2) is 29.0 Å². The quantitative estimate of drug-likeness (QED) is 0.657. The molecule has 0 radical (unpaired) electrons. The fraction of sp³-hybridized carbons (Fsp3) is 0.143. The molecule has 142 valence electrons. The number of amides is 1. The Kier molecular flexibility index (Phi) is 5.64. The maximum absolute atomic E-state index is 12.5. The van der Waals surface area contributed by atoms with Gasteiger partial charge in [0.1, 0.15) is 0 Å². The van der Waals surface area contributed by atoms with Crippen LogP contribution in [0.15, 0.2) is 54.9 Å². The van der Waals surface area contributed by atoms with Crippen molar-refractivity contribution in [3.05, 3.63) is 77.1 Å². The van der Waals surface area contributed by atoms with E-state index in [0.717, 1.165) is 16.8 Å². The zero-order valence-corrected chi connectivity index (χ0v) is 15.8. The molecule has 2 aromatic carbocycles. The van der Waals surface area contributed by atoms with Gasteiger partial charge in [-0.1, -0.05) is 30.3 Å². The molecule has 0 atom stereocenters. The number of ether oxygens (including phenoxy) is 1. The van der Waals surface area contributed by atoms with Crippen LogP contribution in [0.5, 0.6) is 0 Å². The number of para-hydroxylation sites is 2. The van der Waals surface area contributed by atoms with Crippen LogP contribution in [-0.2, 0) is 4.74 Å². The number of esters is 1. The molecule has 0 fully saturated rings. The Morgan fingerprint density at radius 2 is 1.57 bits per heavy atom. The topological polar surface area (TPSA) is 93.2 Å². The van der Waals surface area contributed by atoms with E-state index in [2.05, 4.69) is 20.6 Å². The second-order valence-electron chi connectivity index (χ2n) is 6.18. The first kappa shape index (κ1) is 19.0. The first-order chi connectivity index (χ1) is 13.5. The maximum atomic E-state index is 12.5. The molecule has 0 saturated heterocycles. The molecule has 0 unspecified atom stereocenters. The fourth-order valence-corrected chi connectivity index (χ4v) is 2.71. The summed E-state index contributed by atoms with van der Waals surface area (Å²) in [4.78, 5) is 32.7. The van der Waals surface area contributed by atoms with Gasteiger partial charge in [-0.05, 0) is 37.1 Å². The Morgan fingerprint density at radius 1 is 0.929 bits per heavy atom. The van der Waals surface area contributed by atoms with Gasteiger partial charge < -0.3 is 15.4 Å². The van der Waals surface area contributed by atoms with Crippen LogP contribution in [0.3, 0.4) is 0 Å². The summed E-state index contributed by atoms with van der Waals surface area (Å²) in [6.45, 7) is 3.99. The molecule has 1 aromatic heterocycles. The van der Waals surface area contributed by atoms with E-state index in [9.17, 15) is 9.59 Å². The van der Waals surface area contributed by atoms with Crippen molar-refractivity contribution in [2.75, 3.05) is 17.7 Å². The number of carbonyl (C=O) groups excluding carboxylic acids is 2. The Bertz CT molecular complexity index is 996. The van der Waals surface area contributed by atoms with Crippen molar-refractivity contribution in [1.82, 2.24) is 9.97 Å². The molecule has 0 saturated carbocycles. The fourth-order valence-electron chi connectivity index (χ4n) is 2.71. The van der Waals surface area contributed by atoms with Gasteiger partial charge >= 0.3 is 5.97 Å². The Morgan fingerprint density at radius 3 is 2.21 bits per heavy atom. The van der Waals surface area contributed by atoms with Crippen molar-refractivity contribution in [3.63, 3.8) is 0 Å². The van der Waals surface area contributed by atoms with E-state index in [-0.39, 0.29) is 11.1 Å². The molecular formula is C21H20N4O3. The SMILES string of the molecule is COC(=O)c1ccccc1NC(=O)c1cnc(Nc2c(C)cccc2C)nc1. The van der Waals surface area contributed by atoms with Gasteiger partial charge in [0.05, 0.1) is 23.9 Å². The first-order valence-electron chi connectivity index (χ1n) is 8.63. The number of aryl methyl sites for hydroxylation is 2. The normalized spacial score (nSPS) is 10.2. The third-order valence-corrected chi connectivity index (χ3v) is 4.21. The molecule has 7 nitrogen and oxygen atoms in total. The van der Waals surface area contributed by atoms with Gasteiger partial charge in [-0.2, -0.15) is 0 Å². The van der Waals surface area contributed by atoms with Gasteiger partial charge in [0.25, 0.3) is 5.91 Å². The van der Waals surface area contributed by atoms with E-state index in [1.807, 2.05) is 32.0 Å². The minimum Gasteiger partial charge on any atom is -0.465 e. The lowest BCUT2D eigenvalue weighted by molar-refractivity contribution is 0.0602. The van der Waals surface area contributed by atoms with Crippen LogP contribution in [0, 0.1) is 13.8 Å². The van der Waals surface area contributed by atoms with Crippen molar-refractivity contribution >= 4 is 29.2 Å².